The number of aromatic nitrogens is 1. The standard InChI is InChI=1S/C8H10N2O2.ClH/c9-8(12)7-1-3-10(4-2-7)5-6-11;/h1-4,11H,5-6H2,(H-,9,12);1H. The highest BCUT2D eigenvalue weighted by Crippen LogP contribution is 1.91. The quantitative estimate of drug-likeness (QED) is 0.492. The maximum Gasteiger partial charge on any atom is 0.249 e. The molecule has 4 nitrogen and oxygen atoms in total. The van der Waals surface area contributed by atoms with Gasteiger partial charge in [-0.2, -0.15) is 0 Å². The average molecular weight is 203 g/mol. The Morgan fingerprint density at radius 3 is 2.38 bits per heavy atom. The predicted molar refractivity (Wildman–Crippen MR) is 42.2 cm³/mol. The number of aliphatic hydroxyl groups excluding tert-OH is 1. The van der Waals surface area contributed by atoms with Crippen molar-refractivity contribution in [2.24, 2.45) is 5.73 Å². The fourth-order valence-electron chi connectivity index (χ4n) is 0.886. The Kier molecular flexibility index (Phi) is 5.03. The van der Waals surface area contributed by atoms with E-state index >= 15 is 0 Å². The van der Waals surface area contributed by atoms with Crippen LogP contribution in [0.25, 0.3) is 0 Å². The van der Waals surface area contributed by atoms with E-state index in [9.17, 15) is 4.79 Å². The second-order valence-electron chi connectivity index (χ2n) is 2.41. The Labute approximate surface area is 82.4 Å². The minimum Gasteiger partial charge on any atom is -1.00 e. The molecule has 0 aliphatic carbocycles. The zero-order valence-corrected chi connectivity index (χ0v) is 7.74. The molecule has 13 heavy (non-hydrogen) atoms. The van der Waals surface area contributed by atoms with Gasteiger partial charge in [-0.1, -0.05) is 0 Å². The first-order valence-corrected chi connectivity index (χ1v) is 3.64. The van der Waals surface area contributed by atoms with Crippen LogP contribution in [0.5, 0.6) is 0 Å². The number of nitrogens with two attached hydrogens (primary N) is 1. The number of rotatable bonds is 3. The molecule has 0 aliphatic rings. The van der Waals surface area contributed by atoms with E-state index in [-0.39, 0.29) is 19.0 Å². The van der Waals surface area contributed by atoms with Gasteiger partial charge in [0, 0.05) is 12.1 Å². The van der Waals surface area contributed by atoms with Crippen molar-refractivity contribution < 1.29 is 26.9 Å². The van der Waals surface area contributed by atoms with E-state index in [1.54, 1.807) is 29.1 Å². The molecule has 3 N–H and O–H groups in total. The topological polar surface area (TPSA) is 67.2 Å². The van der Waals surface area contributed by atoms with Gasteiger partial charge in [0.05, 0.1) is 5.56 Å². The van der Waals surface area contributed by atoms with Crippen molar-refractivity contribution in [1.82, 2.24) is 0 Å². The van der Waals surface area contributed by atoms with Crippen LogP contribution in [0.1, 0.15) is 10.4 Å². The predicted octanol–water partition coefficient (Wildman–Crippen LogP) is -3.93. The maximum atomic E-state index is 10.6. The van der Waals surface area contributed by atoms with Crippen LogP contribution in [0.3, 0.4) is 0 Å². The van der Waals surface area contributed by atoms with Crippen LogP contribution in [0.4, 0.5) is 0 Å². The van der Waals surface area contributed by atoms with Crippen molar-refractivity contribution in [2.75, 3.05) is 6.61 Å². The minimum atomic E-state index is -0.439. The number of hydrogen-bond donors (Lipinski definition) is 2. The number of pyridine rings is 1. The van der Waals surface area contributed by atoms with Crippen LogP contribution < -0.4 is 22.7 Å². The van der Waals surface area contributed by atoms with E-state index in [4.69, 9.17) is 10.8 Å². The molecule has 1 aromatic rings. The summed E-state index contributed by atoms with van der Waals surface area (Å²) in [5.74, 6) is -0.439. The van der Waals surface area contributed by atoms with E-state index in [2.05, 4.69) is 0 Å². The van der Waals surface area contributed by atoms with Crippen molar-refractivity contribution >= 4 is 5.91 Å². The first kappa shape index (κ1) is 11.9. The SMILES string of the molecule is NC(=O)c1cc[n+](CCO)cc1.[Cl-]. The molecule has 72 valence electrons. The third-order valence-electron chi connectivity index (χ3n) is 1.53. The molecule has 0 unspecified atom stereocenters. The Morgan fingerprint density at radius 1 is 1.46 bits per heavy atom. The fourth-order valence-corrected chi connectivity index (χ4v) is 0.886. The molecular weight excluding hydrogens is 192 g/mol. The van der Waals surface area contributed by atoms with Crippen molar-refractivity contribution in [3.05, 3.63) is 30.1 Å². The Hall–Kier alpha value is -1.13. The lowest BCUT2D eigenvalue weighted by atomic mass is 10.2. The van der Waals surface area contributed by atoms with E-state index < -0.39 is 5.91 Å². The molecule has 0 saturated carbocycles. The lowest BCUT2D eigenvalue weighted by molar-refractivity contribution is -0.698. The van der Waals surface area contributed by atoms with Gasteiger partial charge in [0.15, 0.2) is 18.9 Å². The second kappa shape index (κ2) is 5.50. The van der Waals surface area contributed by atoms with Crippen molar-refractivity contribution in [1.29, 1.82) is 0 Å². The highest BCUT2D eigenvalue weighted by atomic mass is 35.5. The fraction of sp³-hybridized carbons (Fsp3) is 0.250. The van der Waals surface area contributed by atoms with Crippen LogP contribution in [-0.4, -0.2) is 17.6 Å². The zero-order chi connectivity index (χ0) is 8.97. The number of aliphatic hydroxyl groups is 1. The zero-order valence-electron chi connectivity index (χ0n) is 6.98. The molecule has 0 atom stereocenters. The maximum absolute atomic E-state index is 10.6. The molecule has 0 bridgehead atoms. The summed E-state index contributed by atoms with van der Waals surface area (Å²) in [4.78, 5) is 10.6. The van der Waals surface area contributed by atoms with Gasteiger partial charge in [-0.3, -0.25) is 4.79 Å². The second-order valence-corrected chi connectivity index (χ2v) is 2.41. The third kappa shape index (κ3) is 3.40. The van der Waals surface area contributed by atoms with Crippen LogP contribution in [0.15, 0.2) is 24.5 Å². The molecule has 0 fully saturated rings. The van der Waals surface area contributed by atoms with Gasteiger partial charge in [0.25, 0.3) is 0 Å². The largest absolute Gasteiger partial charge is 1.00 e. The molecule has 1 amide bonds. The highest BCUT2D eigenvalue weighted by molar-refractivity contribution is 5.92. The van der Waals surface area contributed by atoms with Gasteiger partial charge < -0.3 is 23.2 Å². The van der Waals surface area contributed by atoms with E-state index in [0.717, 1.165) is 0 Å². The summed E-state index contributed by atoms with van der Waals surface area (Å²) in [6.07, 6.45) is 3.41. The van der Waals surface area contributed by atoms with E-state index in [0.29, 0.717) is 12.1 Å². The summed E-state index contributed by atoms with van der Waals surface area (Å²) in [6.45, 7) is 0.611. The monoisotopic (exact) mass is 202 g/mol. The van der Waals surface area contributed by atoms with E-state index in [1.807, 2.05) is 0 Å². The number of carbonyl (C=O) groups excluding carboxylic acids is 1. The van der Waals surface area contributed by atoms with Gasteiger partial charge in [-0.05, 0) is 0 Å². The third-order valence-corrected chi connectivity index (χ3v) is 1.53. The van der Waals surface area contributed by atoms with Crippen molar-refractivity contribution in [3.63, 3.8) is 0 Å². The van der Waals surface area contributed by atoms with Crippen LogP contribution in [-0.2, 0) is 6.54 Å². The molecule has 0 saturated heterocycles. The van der Waals surface area contributed by atoms with Crippen molar-refractivity contribution in [2.45, 2.75) is 6.54 Å². The lowest BCUT2D eigenvalue weighted by Crippen LogP contribution is -3.00. The summed E-state index contributed by atoms with van der Waals surface area (Å²) in [6, 6.07) is 3.25. The average Bonchev–Trinajstić information content (AvgIpc) is 2.06. The number of carbonyl (C=O) groups is 1. The van der Waals surface area contributed by atoms with Crippen LogP contribution >= 0.6 is 0 Å². The van der Waals surface area contributed by atoms with Gasteiger partial charge in [-0.25, -0.2) is 4.57 Å². The van der Waals surface area contributed by atoms with Gasteiger partial charge in [0.1, 0.15) is 6.61 Å². The molecule has 0 aliphatic heterocycles. The first-order valence-electron chi connectivity index (χ1n) is 3.64. The normalized spacial score (nSPS) is 9.00. The Morgan fingerprint density at radius 2 is 2.00 bits per heavy atom. The summed E-state index contributed by atoms with van der Waals surface area (Å²) >= 11 is 0. The number of amides is 1. The molecule has 1 aromatic heterocycles. The lowest BCUT2D eigenvalue weighted by Gasteiger charge is -1.94. The smallest absolute Gasteiger partial charge is 0.249 e. The summed E-state index contributed by atoms with van der Waals surface area (Å²) < 4.78 is 1.77. The number of hydrogen-bond acceptors (Lipinski definition) is 2. The molecule has 0 aromatic carbocycles. The van der Waals surface area contributed by atoms with Gasteiger partial charge in [0.2, 0.25) is 5.91 Å². The Bertz CT molecular complexity index is 274. The number of halogens is 1. The Balaban J connectivity index is 0.00000144. The summed E-state index contributed by atoms with van der Waals surface area (Å²) in [7, 11) is 0. The number of nitrogens with zero attached hydrogens (tertiary/aromatic N) is 1. The van der Waals surface area contributed by atoms with Gasteiger partial charge >= 0.3 is 0 Å². The molecule has 5 heteroatoms. The number of primary amides is 1. The van der Waals surface area contributed by atoms with E-state index in [1.165, 1.54) is 0 Å². The summed E-state index contributed by atoms with van der Waals surface area (Å²) in [5, 5.41) is 8.59. The molecule has 0 radical (unpaired) electrons. The molecular formula is C8H11ClN2O2. The minimum absolute atomic E-state index is 0. The summed E-state index contributed by atoms with van der Waals surface area (Å²) in [5.41, 5.74) is 5.52. The molecule has 0 spiro atoms. The van der Waals surface area contributed by atoms with Crippen LogP contribution in [0, 0.1) is 0 Å². The molecule has 1 heterocycles. The van der Waals surface area contributed by atoms with Crippen molar-refractivity contribution in [3.8, 4) is 0 Å². The highest BCUT2D eigenvalue weighted by Gasteiger charge is 2.02. The van der Waals surface area contributed by atoms with Crippen LogP contribution in [0.2, 0.25) is 0 Å². The molecule has 1 rings (SSSR count). The van der Waals surface area contributed by atoms with Gasteiger partial charge in [-0.15, -0.1) is 0 Å². The first-order chi connectivity index (χ1) is 5.74.